The van der Waals surface area contributed by atoms with Crippen LogP contribution in [-0.4, -0.2) is 28.7 Å². The van der Waals surface area contributed by atoms with Crippen molar-refractivity contribution in [3.8, 4) is 0 Å². The topological polar surface area (TPSA) is 126 Å². The van der Waals surface area contributed by atoms with Crippen molar-refractivity contribution in [1.82, 2.24) is 0 Å². The van der Waals surface area contributed by atoms with E-state index >= 15 is 0 Å². The minimum absolute atomic E-state index is 0. The van der Waals surface area contributed by atoms with Gasteiger partial charge in [0, 0.05) is 0 Å². The summed E-state index contributed by atoms with van der Waals surface area (Å²) in [4.78, 5) is 0. The van der Waals surface area contributed by atoms with E-state index in [4.69, 9.17) is 0 Å². The maximum Gasteiger partial charge on any atom is 0.229 e. The zero-order valence-electron chi connectivity index (χ0n) is 3.26. The Labute approximate surface area is 59.5 Å². The van der Waals surface area contributed by atoms with Gasteiger partial charge in [-0.1, -0.05) is 0 Å². The van der Waals surface area contributed by atoms with E-state index in [1.807, 2.05) is 0 Å². The van der Waals surface area contributed by atoms with E-state index in [0.717, 1.165) is 0 Å². The largest absolute Gasteiger partial charge is 0.412 e. The van der Waals surface area contributed by atoms with Gasteiger partial charge in [-0.2, -0.15) is 0 Å². The van der Waals surface area contributed by atoms with Crippen molar-refractivity contribution in [2.24, 2.45) is 0 Å². The van der Waals surface area contributed by atoms with E-state index in [0.29, 0.717) is 6.76 Å². The van der Waals surface area contributed by atoms with Crippen LogP contribution in [0.4, 0.5) is 0 Å². The van der Waals surface area contributed by atoms with Crippen LogP contribution >= 0.6 is 30.6 Å². The predicted octanol–water partition coefficient (Wildman–Crippen LogP) is -1.99. The molecule has 0 fully saturated rings. The fourth-order valence-electron chi connectivity index (χ4n) is 0. The van der Waals surface area contributed by atoms with Crippen LogP contribution in [0.3, 0.4) is 0 Å². The lowest BCUT2D eigenvalue weighted by molar-refractivity contribution is 0.823. The van der Waals surface area contributed by atoms with Crippen molar-refractivity contribution in [3.05, 3.63) is 0 Å². The molecule has 0 aromatic heterocycles. The molecule has 0 aliphatic rings. The molecule has 7 heteroatoms. The molecule has 0 heterocycles. The predicted molar refractivity (Wildman–Crippen MR) is 38.1 cm³/mol. The van der Waals surface area contributed by atoms with E-state index in [1.165, 1.54) is 0 Å². The van der Waals surface area contributed by atoms with Crippen molar-refractivity contribution in [3.63, 3.8) is 0 Å². The summed E-state index contributed by atoms with van der Waals surface area (Å²) in [5, 5.41) is 0. The van der Waals surface area contributed by atoms with Crippen LogP contribution in [0.15, 0.2) is 0 Å². The first-order valence-electron chi connectivity index (χ1n) is 0.378. The maximum atomic E-state index is 3.09. The zero-order chi connectivity index (χ0) is 2.71. The Morgan fingerprint density at radius 3 is 0.714 bits per heavy atom. The Morgan fingerprint density at radius 2 is 0.714 bits per heavy atom. The number of hydrogen-bond donors (Lipinski definition) is 0. The first-order valence-corrected chi connectivity index (χ1v) is 5.89. The summed E-state index contributed by atoms with van der Waals surface area (Å²) in [6.07, 6.45) is 0. The van der Waals surface area contributed by atoms with Gasteiger partial charge in [0.25, 0.3) is 0 Å². The molecule has 50 valence electrons. The summed E-state index contributed by atoms with van der Waals surface area (Å²) >= 11 is 6.18. The highest BCUT2D eigenvalue weighted by Gasteiger charge is 1.48. The molecule has 0 amide bonds. The Morgan fingerprint density at radius 1 is 0.714 bits per heavy atom. The van der Waals surface area contributed by atoms with Gasteiger partial charge in [-0.25, -0.2) is 0 Å². The first-order chi connectivity index (χ1) is 1.41. The van der Waals surface area contributed by atoms with Crippen molar-refractivity contribution in [1.29, 1.82) is 0 Å². The number of rotatable bonds is 0. The SMILES string of the molecule is Br[Si]Br.O.O.O.O. The van der Waals surface area contributed by atoms with Crippen LogP contribution in [0.2, 0.25) is 0 Å². The molecule has 0 bridgehead atoms. The number of hydrogen-bond acceptors (Lipinski definition) is 0. The molecule has 8 N–H and O–H groups in total. The molecular formula is H8Br2O4Si. The van der Waals surface area contributed by atoms with Gasteiger partial charge in [0.2, 0.25) is 6.76 Å². The minimum Gasteiger partial charge on any atom is -0.412 e. The normalized spacial score (nSPS) is 2.57. The Kier molecular flexibility index (Phi) is 387. The van der Waals surface area contributed by atoms with Gasteiger partial charge < -0.3 is 21.9 Å². The monoisotopic (exact) mass is 258 g/mol. The zero-order valence-corrected chi connectivity index (χ0v) is 7.43. The second-order valence-corrected chi connectivity index (χ2v) is 5.79. The molecule has 0 aliphatic heterocycles. The van der Waals surface area contributed by atoms with E-state index < -0.39 is 0 Å². The summed E-state index contributed by atoms with van der Waals surface area (Å²) in [6.45, 7) is 0.708. The molecule has 0 rings (SSSR count). The van der Waals surface area contributed by atoms with Gasteiger partial charge in [-0.3, -0.25) is 0 Å². The van der Waals surface area contributed by atoms with Gasteiger partial charge in [0.05, 0.1) is 0 Å². The maximum absolute atomic E-state index is 3.09. The van der Waals surface area contributed by atoms with E-state index in [1.54, 1.807) is 0 Å². The van der Waals surface area contributed by atoms with E-state index in [9.17, 15) is 0 Å². The minimum atomic E-state index is 0. The molecule has 4 nitrogen and oxygen atoms in total. The third kappa shape index (κ3) is 171. The Balaban J connectivity index is -0.00000000333. The molecule has 0 unspecified atom stereocenters. The van der Waals surface area contributed by atoms with Crippen molar-refractivity contribution < 1.29 is 21.9 Å². The Bertz CT molecular complexity index is 9.65. The van der Waals surface area contributed by atoms with Crippen LogP contribution in [0, 0.1) is 0 Å². The molecule has 0 saturated heterocycles. The van der Waals surface area contributed by atoms with Crippen molar-refractivity contribution in [2.75, 3.05) is 0 Å². The third-order valence-electron chi connectivity index (χ3n) is 0. The van der Waals surface area contributed by atoms with Crippen LogP contribution < -0.4 is 0 Å². The van der Waals surface area contributed by atoms with E-state index in [-0.39, 0.29) is 21.9 Å². The van der Waals surface area contributed by atoms with Gasteiger partial charge in [0.1, 0.15) is 0 Å². The van der Waals surface area contributed by atoms with Gasteiger partial charge in [-0.05, 0) is 0 Å². The molecule has 7 heavy (non-hydrogen) atoms. The van der Waals surface area contributed by atoms with Gasteiger partial charge in [0.15, 0.2) is 0 Å². The van der Waals surface area contributed by atoms with Crippen LogP contribution in [0.5, 0.6) is 0 Å². The standard InChI is InChI=1S/Br2Si.4H2O/c1-3-2;;;;/h;4*1H2. The molecule has 2 radical (unpaired) electrons. The quantitative estimate of drug-likeness (QED) is 0.353. The summed E-state index contributed by atoms with van der Waals surface area (Å²) in [5.41, 5.74) is 0. The molecule has 0 spiro atoms. The van der Waals surface area contributed by atoms with Gasteiger partial charge in [-0.15, -0.1) is 30.6 Å². The average molecular weight is 260 g/mol. The highest BCUT2D eigenvalue weighted by atomic mass is 79.9. The second kappa shape index (κ2) is 62.4. The molecule has 0 saturated carbocycles. The smallest absolute Gasteiger partial charge is 0.229 e. The highest BCUT2D eigenvalue weighted by molar-refractivity contribution is 9.47. The van der Waals surface area contributed by atoms with E-state index in [2.05, 4.69) is 30.6 Å². The summed E-state index contributed by atoms with van der Waals surface area (Å²) in [6, 6.07) is 0. The lowest BCUT2D eigenvalue weighted by Crippen LogP contribution is -1.31. The Hall–Kier alpha value is 1.02. The van der Waals surface area contributed by atoms with Crippen LogP contribution in [0.25, 0.3) is 0 Å². The summed E-state index contributed by atoms with van der Waals surface area (Å²) < 4.78 is 0. The van der Waals surface area contributed by atoms with Crippen LogP contribution in [0.1, 0.15) is 0 Å². The first kappa shape index (κ1) is 43.4. The molecular weight excluding hydrogens is 252 g/mol. The molecule has 0 aromatic rings. The summed E-state index contributed by atoms with van der Waals surface area (Å²) in [7, 11) is 0. The lowest BCUT2D eigenvalue weighted by Gasteiger charge is -1.37. The fraction of sp³-hybridized carbons (Fsp3) is 0. The van der Waals surface area contributed by atoms with Crippen LogP contribution in [-0.2, 0) is 0 Å². The van der Waals surface area contributed by atoms with Crippen molar-refractivity contribution in [2.45, 2.75) is 0 Å². The van der Waals surface area contributed by atoms with Crippen molar-refractivity contribution >= 4 is 37.3 Å². The summed E-state index contributed by atoms with van der Waals surface area (Å²) in [5.74, 6) is 0. The average Bonchev–Trinajstić information content (AvgIpc) is 0.918. The van der Waals surface area contributed by atoms with Gasteiger partial charge >= 0.3 is 0 Å². The third-order valence-corrected chi connectivity index (χ3v) is 0. The lowest BCUT2D eigenvalue weighted by atomic mass is 16.0. The second-order valence-electron chi connectivity index (χ2n) is 0.0714. The fourth-order valence-corrected chi connectivity index (χ4v) is 0. The number of halogens is 2. The highest BCUT2D eigenvalue weighted by Crippen LogP contribution is 1.77. The molecule has 0 aromatic carbocycles. The molecule has 0 aliphatic carbocycles. The molecule has 0 atom stereocenters.